The second-order valence-electron chi connectivity index (χ2n) is 6.26. The number of benzene rings is 1. The summed E-state index contributed by atoms with van der Waals surface area (Å²) >= 11 is 1.31. The van der Waals surface area contributed by atoms with Crippen molar-refractivity contribution < 1.29 is 13.2 Å². The van der Waals surface area contributed by atoms with Crippen molar-refractivity contribution in [1.29, 1.82) is 0 Å². The number of carbonyl (C=O) groups is 1. The van der Waals surface area contributed by atoms with Gasteiger partial charge in [-0.2, -0.15) is 0 Å². The predicted octanol–water partition coefficient (Wildman–Crippen LogP) is 2.98. The standard InChI is InChI=1S/C18H16N6O3S2/c1-12-16(28-17(21-12)22-18(25)24-8-6-20-11-24)13-3-4-15(29(2,26)27)14(9-13)23-7-5-19-10-23/h3-11H,1-2H3,(H,21,22,25). The third-order valence-electron chi connectivity index (χ3n) is 4.15. The number of nitrogens with zero attached hydrogens (tertiary/aromatic N) is 5. The van der Waals surface area contributed by atoms with Crippen LogP contribution < -0.4 is 5.32 Å². The highest BCUT2D eigenvalue weighted by molar-refractivity contribution is 7.90. The summed E-state index contributed by atoms with van der Waals surface area (Å²) in [6.45, 7) is 1.83. The van der Waals surface area contributed by atoms with Crippen molar-refractivity contribution in [2.24, 2.45) is 0 Å². The van der Waals surface area contributed by atoms with Crippen LogP contribution in [0.5, 0.6) is 0 Å². The van der Waals surface area contributed by atoms with E-state index in [1.807, 2.05) is 6.92 Å². The highest BCUT2D eigenvalue weighted by Gasteiger charge is 2.18. The molecule has 1 amide bonds. The van der Waals surface area contributed by atoms with Gasteiger partial charge in [0.05, 0.1) is 27.5 Å². The minimum absolute atomic E-state index is 0.204. The van der Waals surface area contributed by atoms with Crippen LogP contribution in [0.2, 0.25) is 0 Å². The third-order valence-corrected chi connectivity index (χ3v) is 6.42. The van der Waals surface area contributed by atoms with Gasteiger partial charge in [-0.05, 0) is 24.6 Å². The first-order valence-electron chi connectivity index (χ1n) is 8.42. The normalized spacial score (nSPS) is 11.5. The van der Waals surface area contributed by atoms with Crippen LogP contribution in [-0.2, 0) is 9.84 Å². The molecule has 0 unspecified atom stereocenters. The molecule has 0 saturated carbocycles. The molecule has 0 spiro atoms. The second kappa shape index (κ2) is 7.26. The number of aromatic nitrogens is 5. The van der Waals surface area contributed by atoms with Crippen LogP contribution in [0.15, 0.2) is 60.5 Å². The fourth-order valence-corrected chi connectivity index (χ4v) is 4.64. The van der Waals surface area contributed by atoms with E-state index in [1.165, 1.54) is 40.9 Å². The van der Waals surface area contributed by atoms with E-state index < -0.39 is 9.84 Å². The topological polar surface area (TPSA) is 112 Å². The van der Waals surface area contributed by atoms with Crippen molar-refractivity contribution in [2.75, 3.05) is 11.6 Å². The zero-order chi connectivity index (χ0) is 20.6. The van der Waals surface area contributed by atoms with E-state index in [9.17, 15) is 13.2 Å². The second-order valence-corrected chi connectivity index (χ2v) is 9.24. The minimum atomic E-state index is -3.43. The lowest BCUT2D eigenvalue weighted by molar-refractivity contribution is 0.253. The smallest absolute Gasteiger partial charge is 0.305 e. The number of anilines is 1. The molecule has 0 bridgehead atoms. The van der Waals surface area contributed by atoms with E-state index in [1.54, 1.807) is 41.5 Å². The van der Waals surface area contributed by atoms with Gasteiger partial charge in [-0.3, -0.25) is 9.88 Å². The van der Waals surface area contributed by atoms with Crippen molar-refractivity contribution in [1.82, 2.24) is 24.1 Å². The number of aryl methyl sites for hydroxylation is 1. The summed E-state index contributed by atoms with van der Waals surface area (Å²) in [7, 11) is -3.43. The number of thiazole rings is 1. The molecule has 0 atom stereocenters. The van der Waals surface area contributed by atoms with Gasteiger partial charge in [-0.25, -0.2) is 28.2 Å². The summed E-state index contributed by atoms with van der Waals surface area (Å²) in [5.41, 5.74) is 2.01. The molecular formula is C18H16N6O3S2. The van der Waals surface area contributed by atoms with Gasteiger partial charge in [-0.1, -0.05) is 17.4 Å². The Kier molecular flexibility index (Phi) is 4.76. The quantitative estimate of drug-likeness (QED) is 0.535. The summed E-state index contributed by atoms with van der Waals surface area (Å²) in [5.74, 6) is 0. The molecule has 4 rings (SSSR count). The Morgan fingerprint density at radius 1 is 1.14 bits per heavy atom. The highest BCUT2D eigenvalue weighted by atomic mass is 32.2. The minimum Gasteiger partial charge on any atom is -0.305 e. The SMILES string of the molecule is Cc1nc(NC(=O)n2ccnc2)sc1-c1ccc(S(C)(=O)=O)c(-n2ccnc2)c1. The van der Waals surface area contributed by atoms with E-state index in [0.29, 0.717) is 10.8 Å². The molecule has 148 valence electrons. The van der Waals surface area contributed by atoms with Crippen molar-refractivity contribution >= 4 is 32.3 Å². The lowest BCUT2D eigenvalue weighted by Gasteiger charge is -2.11. The van der Waals surface area contributed by atoms with E-state index in [4.69, 9.17) is 0 Å². The van der Waals surface area contributed by atoms with Gasteiger partial charge in [0, 0.05) is 31.0 Å². The van der Waals surface area contributed by atoms with Gasteiger partial charge in [0.1, 0.15) is 6.33 Å². The number of rotatable bonds is 4. The first kappa shape index (κ1) is 19.0. The molecule has 0 aliphatic carbocycles. The van der Waals surface area contributed by atoms with Crippen molar-refractivity contribution in [3.63, 3.8) is 0 Å². The number of imidazole rings is 2. The van der Waals surface area contributed by atoms with E-state index in [0.717, 1.165) is 16.1 Å². The molecule has 11 heteroatoms. The summed E-state index contributed by atoms with van der Waals surface area (Å²) in [4.78, 5) is 25.5. The summed E-state index contributed by atoms with van der Waals surface area (Å²) in [6, 6.07) is 4.72. The Bertz CT molecular complexity index is 1280. The average molecular weight is 428 g/mol. The monoisotopic (exact) mass is 428 g/mol. The fourth-order valence-electron chi connectivity index (χ4n) is 2.83. The number of hydrogen-bond donors (Lipinski definition) is 1. The number of amides is 1. The summed E-state index contributed by atoms with van der Waals surface area (Å²) in [5, 5.41) is 3.17. The summed E-state index contributed by atoms with van der Waals surface area (Å²) in [6.07, 6.45) is 10.4. The van der Waals surface area contributed by atoms with Crippen molar-refractivity contribution in [2.45, 2.75) is 11.8 Å². The lowest BCUT2D eigenvalue weighted by atomic mass is 10.1. The molecule has 0 saturated heterocycles. The molecule has 0 fully saturated rings. The Hall–Kier alpha value is -3.31. The van der Waals surface area contributed by atoms with Crippen LogP contribution in [0, 0.1) is 6.92 Å². The largest absolute Gasteiger partial charge is 0.333 e. The fraction of sp³-hybridized carbons (Fsp3) is 0.111. The summed E-state index contributed by atoms with van der Waals surface area (Å²) < 4.78 is 27.4. The Balaban J connectivity index is 1.73. The van der Waals surface area contributed by atoms with Gasteiger partial charge in [0.2, 0.25) is 0 Å². The molecular weight excluding hydrogens is 412 g/mol. The van der Waals surface area contributed by atoms with Gasteiger partial charge in [-0.15, -0.1) is 0 Å². The molecule has 9 nitrogen and oxygen atoms in total. The third kappa shape index (κ3) is 3.82. The first-order chi connectivity index (χ1) is 13.8. The van der Waals surface area contributed by atoms with Crippen LogP contribution in [-0.4, -0.2) is 44.8 Å². The Morgan fingerprint density at radius 3 is 2.55 bits per heavy atom. The van der Waals surface area contributed by atoms with Crippen molar-refractivity contribution in [3.8, 4) is 16.1 Å². The molecule has 29 heavy (non-hydrogen) atoms. The van der Waals surface area contributed by atoms with Crippen LogP contribution in [0.3, 0.4) is 0 Å². The maximum Gasteiger partial charge on any atom is 0.333 e. The first-order valence-corrected chi connectivity index (χ1v) is 11.1. The van der Waals surface area contributed by atoms with Gasteiger partial charge < -0.3 is 4.57 Å². The zero-order valence-electron chi connectivity index (χ0n) is 15.5. The van der Waals surface area contributed by atoms with E-state index in [2.05, 4.69) is 20.3 Å². The average Bonchev–Trinajstić information content (AvgIpc) is 3.42. The molecule has 1 N–H and O–H groups in total. The van der Waals surface area contributed by atoms with Crippen LogP contribution >= 0.6 is 11.3 Å². The molecule has 0 aliphatic heterocycles. The maximum atomic E-state index is 12.2. The number of carbonyl (C=O) groups excluding carboxylic acids is 1. The van der Waals surface area contributed by atoms with Crippen LogP contribution in [0.4, 0.5) is 9.93 Å². The van der Waals surface area contributed by atoms with Gasteiger partial charge in [0.15, 0.2) is 15.0 Å². The number of sulfone groups is 1. The molecule has 3 aromatic heterocycles. The van der Waals surface area contributed by atoms with Crippen LogP contribution in [0.1, 0.15) is 5.69 Å². The van der Waals surface area contributed by atoms with Gasteiger partial charge in [0.25, 0.3) is 0 Å². The number of nitrogens with one attached hydrogen (secondary N) is 1. The molecule has 0 aliphatic rings. The maximum absolute atomic E-state index is 12.2. The Labute approximate surface area is 170 Å². The van der Waals surface area contributed by atoms with Crippen molar-refractivity contribution in [3.05, 3.63) is 61.3 Å². The zero-order valence-corrected chi connectivity index (χ0v) is 17.1. The predicted molar refractivity (Wildman–Crippen MR) is 109 cm³/mol. The Morgan fingerprint density at radius 2 is 1.90 bits per heavy atom. The van der Waals surface area contributed by atoms with Gasteiger partial charge >= 0.3 is 6.03 Å². The molecule has 1 aromatic carbocycles. The molecule has 0 radical (unpaired) electrons. The van der Waals surface area contributed by atoms with E-state index >= 15 is 0 Å². The molecule has 4 aromatic rings. The van der Waals surface area contributed by atoms with E-state index in [-0.39, 0.29) is 10.9 Å². The van der Waals surface area contributed by atoms with Crippen LogP contribution in [0.25, 0.3) is 16.1 Å². The lowest BCUT2D eigenvalue weighted by Crippen LogP contribution is -2.17. The molecule has 3 heterocycles. The highest BCUT2D eigenvalue weighted by Crippen LogP contribution is 2.35. The number of hydrogen-bond acceptors (Lipinski definition) is 7.